The number of nitrogens with zero attached hydrogens (tertiary/aromatic N) is 1. The lowest BCUT2D eigenvalue weighted by Gasteiger charge is -2.35. The summed E-state index contributed by atoms with van der Waals surface area (Å²) >= 11 is 5.87. The number of rotatable bonds is 4. The van der Waals surface area contributed by atoms with Gasteiger partial charge in [-0.25, -0.2) is 4.79 Å². The predicted molar refractivity (Wildman–Crippen MR) is 75.9 cm³/mol. The van der Waals surface area contributed by atoms with Gasteiger partial charge in [-0.05, 0) is 33.7 Å². The molecule has 20 heavy (non-hydrogen) atoms. The summed E-state index contributed by atoms with van der Waals surface area (Å²) in [5.74, 6) is 0.0803. The lowest BCUT2D eigenvalue weighted by Crippen LogP contribution is -2.57. The Labute approximate surface area is 123 Å². The van der Waals surface area contributed by atoms with E-state index < -0.39 is 11.7 Å². The monoisotopic (exact) mass is 298 g/mol. The third-order valence-electron chi connectivity index (χ3n) is 2.81. The van der Waals surface area contributed by atoms with Gasteiger partial charge >= 0.3 is 5.97 Å². The Balaban J connectivity index is 2.09. The molecule has 2 rings (SSSR count). The van der Waals surface area contributed by atoms with Crippen molar-refractivity contribution in [3.05, 3.63) is 23.5 Å². The zero-order valence-corrected chi connectivity index (χ0v) is 12.6. The molecule has 2 heterocycles. The summed E-state index contributed by atoms with van der Waals surface area (Å²) in [6.45, 7) is 6.37. The van der Waals surface area contributed by atoms with Gasteiger partial charge in [0.25, 0.3) is 0 Å². The molecule has 1 unspecified atom stereocenters. The van der Waals surface area contributed by atoms with Crippen LogP contribution >= 0.6 is 11.6 Å². The number of carbonyl (C=O) groups excluding carboxylic acids is 1. The van der Waals surface area contributed by atoms with E-state index in [1.165, 1.54) is 12.4 Å². The number of ether oxygens (including phenoxy) is 2. The van der Waals surface area contributed by atoms with E-state index >= 15 is 0 Å². The molecule has 0 amide bonds. The van der Waals surface area contributed by atoms with Crippen LogP contribution in [0, 0.1) is 0 Å². The summed E-state index contributed by atoms with van der Waals surface area (Å²) in [6, 6.07) is 1.59. The number of aromatic nitrogens is 1. The molecule has 0 aliphatic carbocycles. The maximum absolute atomic E-state index is 12.2. The van der Waals surface area contributed by atoms with Gasteiger partial charge < -0.3 is 14.8 Å². The molecule has 6 heteroatoms. The summed E-state index contributed by atoms with van der Waals surface area (Å²) < 4.78 is 11.1. The molecule has 5 nitrogen and oxygen atoms in total. The first kappa shape index (κ1) is 15.1. The molecule has 2 atom stereocenters. The van der Waals surface area contributed by atoms with Crippen LogP contribution in [0.1, 0.15) is 27.2 Å². The maximum Gasteiger partial charge on any atom is 0.349 e. The Morgan fingerprint density at radius 2 is 2.20 bits per heavy atom. The van der Waals surface area contributed by atoms with Gasteiger partial charge in [0, 0.05) is 12.3 Å². The van der Waals surface area contributed by atoms with Crippen LogP contribution in [-0.2, 0) is 9.53 Å². The SMILES string of the molecule is CC(C)(C)OC(=O)C(Oc1cncc(Cl)c1)[C@H]1CCN1. The Morgan fingerprint density at radius 1 is 1.50 bits per heavy atom. The Bertz CT molecular complexity index is 484. The number of carbonyl (C=O) groups is 1. The van der Waals surface area contributed by atoms with E-state index in [4.69, 9.17) is 21.1 Å². The van der Waals surface area contributed by atoms with Crippen molar-refractivity contribution in [2.24, 2.45) is 0 Å². The third kappa shape index (κ3) is 4.08. The van der Waals surface area contributed by atoms with Gasteiger partial charge in [0.1, 0.15) is 11.4 Å². The van der Waals surface area contributed by atoms with Crippen molar-refractivity contribution >= 4 is 17.6 Å². The second-order valence-electron chi connectivity index (χ2n) is 5.76. The normalized spacial score (nSPS) is 19.9. The Morgan fingerprint density at radius 3 is 2.70 bits per heavy atom. The van der Waals surface area contributed by atoms with Crippen LogP contribution in [0.5, 0.6) is 5.75 Å². The average Bonchev–Trinajstić information content (AvgIpc) is 2.23. The molecule has 1 fully saturated rings. The van der Waals surface area contributed by atoms with Crippen LogP contribution in [0.2, 0.25) is 5.02 Å². The smallest absolute Gasteiger partial charge is 0.349 e. The van der Waals surface area contributed by atoms with E-state index in [9.17, 15) is 4.79 Å². The van der Waals surface area contributed by atoms with E-state index in [1.807, 2.05) is 20.8 Å². The fourth-order valence-corrected chi connectivity index (χ4v) is 1.99. The number of nitrogens with one attached hydrogen (secondary N) is 1. The van der Waals surface area contributed by atoms with Crippen LogP contribution in [-0.4, -0.2) is 35.2 Å². The Hall–Kier alpha value is -1.33. The minimum atomic E-state index is -0.691. The van der Waals surface area contributed by atoms with E-state index in [-0.39, 0.29) is 12.0 Å². The molecule has 110 valence electrons. The number of esters is 1. The minimum Gasteiger partial charge on any atom is -0.475 e. The summed E-state index contributed by atoms with van der Waals surface area (Å²) in [5, 5.41) is 3.63. The molecule has 0 spiro atoms. The molecule has 0 aromatic carbocycles. The molecular formula is C14H19ClN2O3. The maximum atomic E-state index is 12.2. The summed E-state index contributed by atoms with van der Waals surface area (Å²) in [6.07, 6.45) is 3.22. The molecule has 1 aliphatic heterocycles. The van der Waals surface area contributed by atoms with Crippen LogP contribution < -0.4 is 10.1 Å². The first-order valence-corrected chi connectivity index (χ1v) is 6.96. The van der Waals surface area contributed by atoms with E-state index in [2.05, 4.69) is 10.3 Å². The first-order chi connectivity index (χ1) is 9.35. The molecule has 1 aliphatic rings. The highest BCUT2D eigenvalue weighted by atomic mass is 35.5. The summed E-state index contributed by atoms with van der Waals surface area (Å²) in [7, 11) is 0. The lowest BCUT2D eigenvalue weighted by atomic mass is 10.0. The zero-order valence-electron chi connectivity index (χ0n) is 11.9. The van der Waals surface area contributed by atoms with Crippen molar-refractivity contribution in [1.29, 1.82) is 0 Å². The fourth-order valence-electron chi connectivity index (χ4n) is 1.83. The third-order valence-corrected chi connectivity index (χ3v) is 3.02. The topological polar surface area (TPSA) is 60.5 Å². The number of hydrogen-bond acceptors (Lipinski definition) is 5. The zero-order chi connectivity index (χ0) is 14.8. The largest absolute Gasteiger partial charge is 0.475 e. The first-order valence-electron chi connectivity index (χ1n) is 6.58. The van der Waals surface area contributed by atoms with E-state index in [0.29, 0.717) is 10.8 Å². The molecule has 0 saturated carbocycles. The van der Waals surface area contributed by atoms with Gasteiger partial charge in [-0.3, -0.25) is 4.98 Å². The molecule has 0 radical (unpaired) electrons. The van der Waals surface area contributed by atoms with Gasteiger partial charge in [-0.1, -0.05) is 11.6 Å². The van der Waals surface area contributed by atoms with E-state index in [1.54, 1.807) is 6.07 Å². The van der Waals surface area contributed by atoms with Crippen LogP contribution in [0.4, 0.5) is 0 Å². The quantitative estimate of drug-likeness (QED) is 0.864. The van der Waals surface area contributed by atoms with Gasteiger partial charge in [-0.15, -0.1) is 0 Å². The van der Waals surface area contributed by atoms with Crippen molar-refractivity contribution in [3.63, 3.8) is 0 Å². The highest BCUT2D eigenvalue weighted by Gasteiger charge is 2.37. The second kappa shape index (κ2) is 5.97. The van der Waals surface area contributed by atoms with Crippen LogP contribution in [0.3, 0.4) is 0 Å². The highest BCUT2D eigenvalue weighted by molar-refractivity contribution is 6.30. The van der Waals surface area contributed by atoms with Crippen molar-refractivity contribution in [2.75, 3.05) is 6.54 Å². The average molecular weight is 299 g/mol. The summed E-state index contributed by atoms with van der Waals surface area (Å²) in [5.41, 5.74) is -0.547. The number of pyridine rings is 1. The molecule has 1 saturated heterocycles. The van der Waals surface area contributed by atoms with Crippen molar-refractivity contribution in [1.82, 2.24) is 10.3 Å². The van der Waals surface area contributed by atoms with Gasteiger partial charge in [0.15, 0.2) is 0 Å². The summed E-state index contributed by atoms with van der Waals surface area (Å²) in [4.78, 5) is 16.2. The van der Waals surface area contributed by atoms with Crippen molar-refractivity contribution in [2.45, 2.75) is 44.9 Å². The Kier molecular flexibility index (Phi) is 4.50. The lowest BCUT2D eigenvalue weighted by molar-refractivity contribution is -0.165. The van der Waals surface area contributed by atoms with Gasteiger partial charge in [-0.2, -0.15) is 0 Å². The number of halogens is 1. The molecular weight excluding hydrogens is 280 g/mol. The minimum absolute atomic E-state index is 0.0381. The van der Waals surface area contributed by atoms with Crippen LogP contribution in [0.15, 0.2) is 18.5 Å². The number of hydrogen-bond donors (Lipinski definition) is 1. The molecule has 1 N–H and O–H groups in total. The molecule has 0 bridgehead atoms. The van der Waals surface area contributed by atoms with E-state index in [0.717, 1.165) is 13.0 Å². The highest BCUT2D eigenvalue weighted by Crippen LogP contribution is 2.22. The predicted octanol–water partition coefficient (Wildman–Crippen LogP) is 2.19. The van der Waals surface area contributed by atoms with Gasteiger partial charge in [0.2, 0.25) is 6.10 Å². The second-order valence-corrected chi connectivity index (χ2v) is 6.20. The standard InChI is InChI=1S/C14H19ClN2O3/c1-14(2,3)20-13(18)12(11-4-5-17-11)19-10-6-9(15)7-16-8-10/h6-8,11-12,17H,4-5H2,1-3H3/t11-,12?/m1/s1. The van der Waals surface area contributed by atoms with Crippen LogP contribution in [0.25, 0.3) is 0 Å². The molecule has 1 aromatic rings. The molecule has 1 aromatic heterocycles. The fraction of sp³-hybridized carbons (Fsp3) is 0.571. The van der Waals surface area contributed by atoms with Gasteiger partial charge in [0.05, 0.1) is 17.3 Å². The van der Waals surface area contributed by atoms with Crippen molar-refractivity contribution < 1.29 is 14.3 Å². The van der Waals surface area contributed by atoms with Crippen molar-refractivity contribution in [3.8, 4) is 5.75 Å².